The van der Waals surface area contributed by atoms with Crippen molar-refractivity contribution in [1.29, 1.82) is 5.26 Å². The van der Waals surface area contributed by atoms with Crippen molar-refractivity contribution in [2.24, 2.45) is 0 Å². The van der Waals surface area contributed by atoms with Gasteiger partial charge in [-0.05, 0) is 18.2 Å². The maximum Gasteiger partial charge on any atom is 0.189 e. The fourth-order valence-corrected chi connectivity index (χ4v) is 1.75. The van der Waals surface area contributed by atoms with E-state index in [4.69, 9.17) is 5.26 Å². The van der Waals surface area contributed by atoms with E-state index in [1.165, 1.54) is 6.07 Å². The molecule has 1 N–H and O–H groups in total. The smallest absolute Gasteiger partial charge is 0.189 e. The van der Waals surface area contributed by atoms with E-state index < -0.39 is 0 Å². The normalized spacial score (nSPS) is 10.2. The van der Waals surface area contributed by atoms with Gasteiger partial charge in [0.1, 0.15) is 0 Å². The van der Waals surface area contributed by atoms with Crippen molar-refractivity contribution in [2.45, 2.75) is 6.42 Å². The first kappa shape index (κ1) is 11.2. The van der Waals surface area contributed by atoms with Crippen LogP contribution in [-0.4, -0.2) is 19.1 Å². The standard InChI is InChI=1S/C13H13N3O/c1-16(2)10-3-4-12-11(8-10)13(17)7-9(15-12)5-6-14/h3-4,7-8H,5H2,1-2H3,(H,15,17). The largest absolute Gasteiger partial charge is 0.378 e. The number of benzene rings is 1. The molecule has 0 radical (unpaired) electrons. The third kappa shape index (κ3) is 2.13. The molecule has 0 aliphatic heterocycles. The van der Waals surface area contributed by atoms with E-state index in [1.807, 2.05) is 43.3 Å². The van der Waals surface area contributed by atoms with Crippen molar-refractivity contribution in [3.05, 3.63) is 40.2 Å². The van der Waals surface area contributed by atoms with E-state index in [-0.39, 0.29) is 11.8 Å². The molecule has 2 rings (SSSR count). The van der Waals surface area contributed by atoms with Gasteiger partial charge in [-0.3, -0.25) is 4.79 Å². The summed E-state index contributed by atoms with van der Waals surface area (Å²) in [6.07, 6.45) is 0.223. The van der Waals surface area contributed by atoms with E-state index >= 15 is 0 Å². The number of pyridine rings is 1. The minimum absolute atomic E-state index is 0.0484. The number of nitrogens with one attached hydrogen (secondary N) is 1. The molecule has 4 heteroatoms. The molecule has 17 heavy (non-hydrogen) atoms. The molecule has 0 saturated carbocycles. The van der Waals surface area contributed by atoms with E-state index in [0.29, 0.717) is 11.1 Å². The Hall–Kier alpha value is -2.28. The van der Waals surface area contributed by atoms with Crippen LogP contribution in [0.2, 0.25) is 0 Å². The Labute approximate surface area is 99.1 Å². The maximum atomic E-state index is 11.9. The minimum atomic E-state index is -0.0484. The van der Waals surface area contributed by atoms with Crippen LogP contribution in [-0.2, 0) is 6.42 Å². The van der Waals surface area contributed by atoms with Gasteiger partial charge in [-0.25, -0.2) is 0 Å². The van der Waals surface area contributed by atoms with Crippen molar-refractivity contribution in [3.8, 4) is 6.07 Å². The van der Waals surface area contributed by atoms with Crippen molar-refractivity contribution < 1.29 is 0 Å². The molecule has 0 bridgehead atoms. The van der Waals surface area contributed by atoms with Crippen molar-refractivity contribution in [1.82, 2.24) is 4.98 Å². The fourth-order valence-electron chi connectivity index (χ4n) is 1.75. The SMILES string of the molecule is CN(C)c1ccc2[nH]c(CC#N)cc(=O)c2c1. The Kier molecular flexibility index (Phi) is 2.84. The number of aromatic nitrogens is 1. The zero-order chi connectivity index (χ0) is 12.4. The molecule has 4 nitrogen and oxygen atoms in total. The Morgan fingerprint density at radius 2 is 2.12 bits per heavy atom. The van der Waals surface area contributed by atoms with E-state index in [0.717, 1.165) is 11.2 Å². The van der Waals surface area contributed by atoms with Gasteiger partial charge < -0.3 is 9.88 Å². The highest BCUT2D eigenvalue weighted by molar-refractivity contribution is 5.82. The number of fused-ring (bicyclic) bond motifs is 1. The molecule has 86 valence electrons. The first-order valence-electron chi connectivity index (χ1n) is 5.32. The maximum absolute atomic E-state index is 11.9. The molecule has 0 aliphatic carbocycles. The monoisotopic (exact) mass is 227 g/mol. The molecule has 2 aromatic rings. The second kappa shape index (κ2) is 4.30. The number of aromatic amines is 1. The molecule has 0 spiro atoms. The van der Waals surface area contributed by atoms with Gasteiger partial charge in [-0.2, -0.15) is 5.26 Å². The van der Waals surface area contributed by atoms with Crippen LogP contribution in [0.15, 0.2) is 29.1 Å². The van der Waals surface area contributed by atoms with Crippen LogP contribution in [0.5, 0.6) is 0 Å². The summed E-state index contributed by atoms with van der Waals surface area (Å²) >= 11 is 0. The summed E-state index contributed by atoms with van der Waals surface area (Å²) in [5.74, 6) is 0. The summed E-state index contributed by atoms with van der Waals surface area (Å²) in [5, 5.41) is 9.27. The zero-order valence-corrected chi connectivity index (χ0v) is 9.82. The molecule has 1 aromatic heterocycles. The lowest BCUT2D eigenvalue weighted by Crippen LogP contribution is -2.10. The summed E-state index contributed by atoms with van der Waals surface area (Å²) in [4.78, 5) is 16.9. The van der Waals surface area contributed by atoms with Gasteiger partial charge in [0, 0.05) is 42.4 Å². The predicted molar refractivity (Wildman–Crippen MR) is 68.2 cm³/mol. The highest BCUT2D eigenvalue weighted by atomic mass is 16.1. The third-order valence-electron chi connectivity index (χ3n) is 2.66. The van der Waals surface area contributed by atoms with Gasteiger partial charge >= 0.3 is 0 Å². The number of H-pyrrole nitrogens is 1. The number of nitriles is 1. The van der Waals surface area contributed by atoms with Crippen LogP contribution in [0, 0.1) is 11.3 Å². The van der Waals surface area contributed by atoms with Crippen LogP contribution in [0.3, 0.4) is 0 Å². The Morgan fingerprint density at radius 1 is 1.35 bits per heavy atom. The summed E-state index contributed by atoms with van der Waals surface area (Å²) < 4.78 is 0. The first-order valence-corrected chi connectivity index (χ1v) is 5.32. The van der Waals surface area contributed by atoms with Gasteiger partial charge in [0.2, 0.25) is 0 Å². The lowest BCUT2D eigenvalue weighted by molar-refractivity contribution is 1.12. The highest BCUT2D eigenvalue weighted by Gasteiger charge is 2.04. The predicted octanol–water partition coefficient (Wildman–Crippen LogP) is 1.66. The van der Waals surface area contributed by atoms with Gasteiger partial charge in [0.05, 0.1) is 12.5 Å². The summed E-state index contributed by atoms with van der Waals surface area (Å²) in [5.41, 5.74) is 2.36. The van der Waals surface area contributed by atoms with Crippen LogP contribution in [0.1, 0.15) is 5.69 Å². The van der Waals surface area contributed by atoms with Gasteiger partial charge in [0.25, 0.3) is 0 Å². The van der Waals surface area contributed by atoms with Crippen molar-refractivity contribution >= 4 is 16.6 Å². The second-order valence-corrected chi connectivity index (χ2v) is 4.12. The molecular weight excluding hydrogens is 214 g/mol. The van der Waals surface area contributed by atoms with Gasteiger partial charge in [-0.1, -0.05) is 0 Å². The summed E-state index contributed by atoms with van der Waals surface area (Å²) in [7, 11) is 3.86. The third-order valence-corrected chi connectivity index (χ3v) is 2.66. The van der Waals surface area contributed by atoms with E-state index in [2.05, 4.69) is 4.98 Å². The Balaban J connectivity index is 2.65. The van der Waals surface area contributed by atoms with Gasteiger partial charge in [-0.15, -0.1) is 0 Å². The van der Waals surface area contributed by atoms with Crippen molar-refractivity contribution in [2.75, 3.05) is 19.0 Å². The Morgan fingerprint density at radius 3 is 2.76 bits per heavy atom. The fraction of sp³-hybridized carbons (Fsp3) is 0.231. The zero-order valence-electron chi connectivity index (χ0n) is 9.82. The first-order chi connectivity index (χ1) is 8.11. The molecule has 0 fully saturated rings. The van der Waals surface area contributed by atoms with E-state index in [1.54, 1.807) is 0 Å². The number of hydrogen-bond donors (Lipinski definition) is 1. The summed E-state index contributed by atoms with van der Waals surface area (Å²) in [6, 6.07) is 9.18. The lowest BCUT2D eigenvalue weighted by atomic mass is 10.1. The summed E-state index contributed by atoms with van der Waals surface area (Å²) in [6.45, 7) is 0. The van der Waals surface area contributed by atoms with E-state index in [9.17, 15) is 4.79 Å². The molecule has 0 atom stereocenters. The molecule has 1 heterocycles. The van der Waals surface area contributed by atoms with Crippen LogP contribution in [0.25, 0.3) is 10.9 Å². The van der Waals surface area contributed by atoms with Crippen LogP contribution < -0.4 is 10.3 Å². The minimum Gasteiger partial charge on any atom is -0.378 e. The van der Waals surface area contributed by atoms with Gasteiger partial charge in [0.15, 0.2) is 5.43 Å². The molecule has 0 unspecified atom stereocenters. The highest BCUT2D eigenvalue weighted by Crippen LogP contribution is 2.17. The Bertz CT molecular complexity index is 650. The molecular formula is C13H13N3O. The average molecular weight is 227 g/mol. The average Bonchev–Trinajstić information content (AvgIpc) is 2.29. The molecule has 0 amide bonds. The number of nitrogens with zero attached hydrogens (tertiary/aromatic N) is 2. The molecule has 0 aliphatic rings. The number of hydrogen-bond acceptors (Lipinski definition) is 3. The molecule has 0 saturated heterocycles. The number of rotatable bonds is 2. The molecule has 1 aromatic carbocycles. The lowest BCUT2D eigenvalue weighted by Gasteiger charge is -2.12. The quantitative estimate of drug-likeness (QED) is 0.848. The van der Waals surface area contributed by atoms with Crippen molar-refractivity contribution in [3.63, 3.8) is 0 Å². The number of anilines is 1. The van der Waals surface area contributed by atoms with Crippen LogP contribution in [0.4, 0.5) is 5.69 Å². The van der Waals surface area contributed by atoms with Crippen LogP contribution >= 0.6 is 0 Å². The second-order valence-electron chi connectivity index (χ2n) is 4.12. The topological polar surface area (TPSA) is 59.9 Å².